The average Bonchev–Trinajstić information content (AvgIpc) is 2.65. The Kier molecular flexibility index (Phi) is 9.70. The van der Waals surface area contributed by atoms with E-state index >= 15 is 0 Å². The molecule has 1 aliphatic rings. The molecular formula is C20H33ClN4O3+2. The van der Waals surface area contributed by atoms with Crippen molar-refractivity contribution in [2.75, 3.05) is 57.7 Å². The van der Waals surface area contributed by atoms with Crippen LogP contribution in [0.5, 0.6) is 0 Å². The molecule has 0 aliphatic carbocycles. The van der Waals surface area contributed by atoms with Crippen molar-refractivity contribution >= 4 is 29.1 Å². The van der Waals surface area contributed by atoms with Gasteiger partial charge in [-0.05, 0) is 32.4 Å². The van der Waals surface area contributed by atoms with Crippen LogP contribution in [0.15, 0.2) is 24.3 Å². The largest absolute Gasteiger partial charge is 0.379 e. The molecule has 0 atom stereocenters. The van der Waals surface area contributed by atoms with E-state index in [1.807, 2.05) is 26.0 Å². The van der Waals surface area contributed by atoms with Crippen LogP contribution in [0.1, 0.15) is 20.3 Å². The fourth-order valence-corrected chi connectivity index (χ4v) is 3.39. The van der Waals surface area contributed by atoms with Gasteiger partial charge in [0.05, 0.1) is 16.8 Å². The molecule has 7 nitrogen and oxygen atoms in total. The van der Waals surface area contributed by atoms with E-state index < -0.39 is 0 Å². The Balaban J connectivity index is 1.60. The van der Waals surface area contributed by atoms with E-state index in [1.165, 1.54) is 9.80 Å². The third kappa shape index (κ3) is 8.56. The normalized spacial score (nSPS) is 19.4. The third-order valence-electron chi connectivity index (χ3n) is 4.73. The minimum atomic E-state index is -0.0343. The second-order valence-electron chi connectivity index (χ2n) is 7.50. The standard InChI is InChI=1S/C20H31ClN4O3/c1-16(2)28-13-5-8-22-19(26)14-24-9-11-25(12-10-24)15-20(27)23-18-7-4-3-6-17(18)21/h3-4,6-7,16H,5,8-15H2,1-2H3,(H,22,26)(H,23,27)/p+2. The summed E-state index contributed by atoms with van der Waals surface area (Å²) in [5.41, 5.74) is 0.647. The molecule has 1 aromatic rings. The molecular weight excluding hydrogens is 380 g/mol. The second-order valence-corrected chi connectivity index (χ2v) is 7.91. The molecule has 28 heavy (non-hydrogen) atoms. The van der Waals surface area contributed by atoms with E-state index in [1.54, 1.807) is 12.1 Å². The summed E-state index contributed by atoms with van der Waals surface area (Å²) in [7, 11) is 0. The highest BCUT2D eigenvalue weighted by Crippen LogP contribution is 2.19. The number of halogens is 1. The van der Waals surface area contributed by atoms with Gasteiger partial charge in [0.2, 0.25) is 0 Å². The van der Waals surface area contributed by atoms with Gasteiger partial charge in [-0.2, -0.15) is 0 Å². The highest BCUT2D eigenvalue weighted by molar-refractivity contribution is 6.33. The van der Waals surface area contributed by atoms with Crippen molar-refractivity contribution in [1.29, 1.82) is 0 Å². The number of hydrogen-bond donors (Lipinski definition) is 4. The predicted molar refractivity (Wildman–Crippen MR) is 110 cm³/mol. The lowest BCUT2D eigenvalue weighted by atomic mass is 10.3. The number of hydrogen-bond acceptors (Lipinski definition) is 3. The molecule has 2 amide bonds. The predicted octanol–water partition coefficient (Wildman–Crippen LogP) is -1.01. The van der Waals surface area contributed by atoms with E-state index in [9.17, 15) is 9.59 Å². The maximum absolute atomic E-state index is 12.2. The Morgan fingerprint density at radius 1 is 1.07 bits per heavy atom. The monoisotopic (exact) mass is 412 g/mol. The van der Waals surface area contributed by atoms with E-state index in [4.69, 9.17) is 16.3 Å². The van der Waals surface area contributed by atoms with Gasteiger partial charge in [0.25, 0.3) is 11.8 Å². The summed E-state index contributed by atoms with van der Waals surface area (Å²) in [6.07, 6.45) is 1.06. The summed E-state index contributed by atoms with van der Waals surface area (Å²) < 4.78 is 5.46. The molecule has 156 valence electrons. The first kappa shape index (κ1) is 22.6. The van der Waals surface area contributed by atoms with Crippen LogP contribution in [0.2, 0.25) is 5.02 Å². The van der Waals surface area contributed by atoms with Crippen molar-refractivity contribution in [3.63, 3.8) is 0 Å². The Morgan fingerprint density at radius 2 is 1.68 bits per heavy atom. The highest BCUT2D eigenvalue weighted by Gasteiger charge is 2.26. The fourth-order valence-electron chi connectivity index (χ4n) is 3.20. The molecule has 1 heterocycles. The lowest BCUT2D eigenvalue weighted by molar-refractivity contribution is -1.00. The zero-order valence-electron chi connectivity index (χ0n) is 16.9. The maximum Gasteiger partial charge on any atom is 0.279 e. The van der Waals surface area contributed by atoms with Gasteiger partial charge in [-0.3, -0.25) is 9.59 Å². The number of ether oxygens (including phenoxy) is 1. The topological polar surface area (TPSA) is 76.3 Å². The summed E-state index contributed by atoms with van der Waals surface area (Å²) in [4.78, 5) is 26.8. The SMILES string of the molecule is CC(C)OCCCNC(=O)C[NH+]1CC[NH+](CC(=O)Nc2ccccc2Cl)CC1. The molecule has 0 aromatic heterocycles. The zero-order valence-corrected chi connectivity index (χ0v) is 17.6. The molecule has 0 bridgehead atoms. The summed E-state index contributed by atoms with van der Waals surface area (Å²) in [6.45, 7) is 9.76. The van der Waals surface area contributed by atoms with Gasteiger partial charge in [-0.15, -0.1) is 0 Å². The number of benzene rings is 1. The molecule has 0 saturated carbocycles. The Labute approximate surface area is 172 Å². The van der Waals surface area contributed by atoms with Crippen LogP contribution in [0, 0.1) is 0 Å². The van der Waals surface area contributed by atoms with Crippen LogP contribution in [0.3, 0.4) is 0 Å². The quantitative estimate of drug-likeness (QED) is 0.372. The minimum Gasteiger partial charge on any atom is -0.379 e. The van der Waals surface area contributed by atoms with Gasteiger partial charge in [-0.25, -0.2) is 0 Å². The molecule has 1 aliphatic heterocycles. The number of nitrogens with one attached hydrogen (secondary N) is 4. The van der Waals surface area contributed by atoms with Crippen LogP contribution in [0.25, 0.3) is 0 Å². The fraction of sp³-hybridized carbons (Fsp3) is 0.600. The Bertz CT molecular complexity index is 634. The van der Waals surface area contributed by atoms with E-state index in [-0.39, 0.29) is 17.9 Å². The minimum absolute atomic E-state index is 0.0343. The Hall–Kier alpha value is -1.67. The van der Waals surface area contributed by atoms with Gasteiger partial charge in [0.15, 0.2) is 13.1 Å². The molecule has 8 heteroatoms. The summed E-state index contributed by atoms with van der Waals surface area (Å²) in [5.74, 6) is 0.0485. The number of para-hydroxylation sites is 1. The number of rotatable bonds is 10. The van der Waals surface area contributed by atoms with Gasteiger partial charge >= 0.3 is 0 Å². The first-order valence-corrected chi connectivity index (χ1v) is 10.4. The van der Waals surface area contributed by atoms with Crippen LogP contribution in [-0.2, 0) is 14.3 Å². The van der Waals surface area contributed by atoms with Gasteiger partial charge in [0.1, 0.15) is 26.2 Å². The average molecular weight is 413 g/mol. The number of carbonyl (C=O) groups excluding carboxylic acids is 2. The smallest absolute Gasteiger partial charge is 0.279 e. The van der Waals surface area contributed by atoms with Crippen molar-refractivity contribution in [3.05, 3.63) is 29.3 Å². The van der Waals surface area contributed by atoms with E-state index in [0.29, 0.717) is 37.0 Å². The van der Waals surface area contributed by atoms with Crippen molar-refractivity contribution in [1.82, 2.24) is 5.32 Å². The molecule has 1 saturated heterocycles. The number of carbonyl (C=O) groups is 2. The van der Waals surface area contributed by atoms with Gasteiger partial charge in [-0.1, -0.05) is 23.7 Å². The number of anilines is 1. The molecule has 2 rings (SSSR count). The summed E-state index contributed by atoms with van der Waals surface area (Å²) >= 11 is 6.08. The summed E-state index contributed by atoms with van der Waals surface area (Å²) in [5, 5.41) is 6.37. The lowest BCUT2D eigenvalue weighted by Gasteiger charge is -2.29. The first-order chi connectivity index (χ1) is 13.4. The summed E-state index contributed by atoms with van der Waals surface area (Å²) in [6, 6.07) is 7.24. The van der Waals surface area contributed by atoms with Crippen LogP contribution >= 0.6 is 11.6 Å². The Morgan fingerprint density at radius 3 is 2.29 bits per heavy atom. The molecule has 1 aromatic carbocycles. The van der Waals surface area contributed by atoms with E-state index in [0.717, 1.165) is 32.6 Å². The molecule has 0 spiro atoms. The van der Waals surface area contributed by atoms with Crippen LogP contribution in [0.4, 0.5) is 5.69 Å². The maximum atomic E-state index is 12.2. The second kappa shape index (κ2) is 12.0. The van der Waals surface area contributed by atoms with Crippen molar-refractivity contribution in [2.24, 2.45) is 0 Å². The van der Waals surface area contributed by atoms with Crippen molar-refractivity contribution < 1.29 is 24.1 Å². The van der Waals surface area contributed by atoms with Gasteiger partial charge in [0, 0.05) is 13.2 Å². The van der Waals surface area contributed by atoms with Crippen molar-refractivity contribution in [2.45, 2.75) is 26.4 Å². The van der Waals surface area contributed by atoms with E-state index in [2.05, 4.69) is 10.6 Å². The first-order valence-electron chi connectivity index (χ1n) is 10.0. The molecule has 4 N–H and O–H groups in total. The molecule has 0 radical (unpaired) electrons. The molecule has 1 fully saturated rings. The van der Waals surface area contributed by atoms with Crippen LogP contribution < -0.4 is 20.4 Å². The number of piperazine rings is 1. The lowest BCUT2D eigenvalue weighted by Crippen LogP contribution is -3.28. The highest BCUT2D eigenvalue weighted by atomic mass is 35.5. The number of amides is 2. The van der Waals surface area contributed by atoms with Crippen molar-refractivity contribution in [3.8, 4) is 0 Å². The zero-order chi connectivity index (χ0) is 20.4. The number of quaternary nitrogens is 2. The van der Waals surface area contributed by atoms with Crippen LogP contribution in [-0.4, -0.2) is 70.3 Å². The molecule has 0 unspecified atom stereocenters. The third-order valence-corrected chi connectivity index (χ3v) is 5.06. The van der Waals surface area contributed by atoms with Gasteiger partial charge < -0.3 is 25.2 Å².